The monoisotopic (exact) mass is 229 g/mol. The first-order valence-corrected chi connectivity index (χ1v) is 5.95. The quantitative estimate of drug-likeness (QED) is 0.679. The lowest BCUT2D eigenvalue weighted by Crippen LogP contribution is -2.40. The summed E-state index contributed by atoms with van der Waals surface area (Å²) in [5, 5.41) is 2.88. The summed E-state index contributed by atoms with van der Waals surface area (Å²) in [6, 6.07) is 0.210. The SMILES string of the molecule is CC(C)NC(=O)CN(C)CCC(C)(C)CN. The largest absolute Gasteiger partial charge is 0.353 e. The number of hydrogen-bond acceptors (Lipinski definition) is 3. The minimum absolute atomic E-state index is 0.0862. The van der Waals surface area contributed by atoms with Crippen LogP contribution in [0.1, 0.15) is 34.1 Å². The Morgan fingerprint density at radius 1 is 1.44 bits per heavy atom. The van der Waals surface area contributed by atoms with E-state index in [0.717, 1.165) is 13.0 Å². The maximum atomic E-state index is 11.5. The summed E-state index contributed by atoms with van der Waals surface area (Å²) in [4.78, 5) is 13.5. The number of nitrogens with one attached hydrogen (secondary N) is 1. The van der Waals surface area contributed by atoms with Gasteiger partial charge in [-0.15, -0.1) is 0 Å². The molecule has 16 heavy (non-hydrogen) atoms. The molecule has 0 rings (SSSR count). The van der Waals surface area contributed by atoms with Gasteiger partial charge in [0, 0.05) is 6.04 Å². The van der Waals surface area contributed by atoms with Crippen LogP contribution in [0.25, 0.3) is 0 Å². The van der Waals surface area contributed by atoms with Crippen molar-refractivity contribution in [3.63, 3.8) is 0 Å². The van der Waals surface area contributed by atoms with E-state index in [2.05, 4.69) is 19.2 Å². The van der Waals surface area contributed by atoms with Gasteiger partial charge in [-0.1, -0.05) is 13.8 Å². The van der Waals surface area contributed by atoms with E-state index in [1.54, 1.807) is 0 Å². The van der Waals surface area contributed by atoms with Crippen LogP contribution in [-0.4, -0.2) is 43.5 Å². The minimum Gasteiger partial charge on any atom is -0.353 e. The topological polar surface area (TPSA) is 58.4 Å². The number of rotatable bonds is 7. The normalized spacial score (nSPS) is 12.2. The van der Waals surface area contributed by atoms with Crippen molar-refractivity contribution in [2.45, 2.75) is 40.2 Å². The van der Waals surface area contributed by atoms with Crippen molar-refractivity contribution in [2.75, 3.05) is 26.7 Å². The lowest BCUT2D eigenvalue weighted by molar-refractivity contribution is -0.122. The summed E-state index contributed by atoms with van der Waals surface area (Å²) in [5.41, 5.74) is 5.82. The Morgan fingerprint density at radius 3 is 2.44 bits per heavy atom. The Labute approximate surface area is 99.6 Å². The van der Waals surface area contributed by atoms with Crippen LogP contribution in [0.5, 0.6) is 0 Å². The van der Waals surface area contributed by atoms with Crippen molar-refractivity contribution < 1.29 is 4.79 Å². The van der Waals surface area contributed by atoms with Crippen molar-refractivity contribution in [1.29, 1.82) is 0 Å². The molecule has 96 valence electrons. The van der Waals surface area contributed by atoms with E-state index in [9.17, 15) is 4.79 Å². The molecule has 3 N–H and O–H groups in total. The van der Waals surface area contributed by atoms with Crippen molar-refractivity contribution in [3.05, 3.63) is 0 Å². The predicted molar refractivity (Wildman–Crippen MR) is 68.2 cm³/mol. The third-order valence-electron chi connectivity index (χ3n) is 2.59. The van der Waals surface area contributed by atoms with Crippen LogP contribution < -0.4 is 11.1 Å². The van der Waals surface area contributed by atoms with Gasteiger partial charge in [0.1, 0.15) is 0 Å². The lowest BCUT2D eigenvalue weighted by Gasteiger charge is -2.25. The number of nitrogens with zero attached hydrogens (tertiary/aromatic N) is 1. The molecule has 0 aromatic rings. The van der Waals surface area contributed by atoms with Crippen LogP contribution in [-0.2, 0) is 4.79 Å². The number of carbonyl (C=O) groups is 1. The van der Waals surface area contributed by atoms with Crippen LogP contribution >= 0.6 is 0 Å². The van der Waals surface area contributed by atoms with E-state index in [4.69, 9.17) is 5.73 Å². The summed E-state index contributed by atoms with van der Waals surface area (Å²) in [5.74, 6) is 0.0862. The van der Waals surface area contributed by atoms with E-state index in [1.165, 1.54) is 0 Å². The molecule has 0 aliphatic heterocycles. The Hall–Kier alpha value is -0.610. The first-order valence-electron chi connectivity index (χ1n) is 5.95. The molecule has 4 nitrogen and oxygen atoms in total. The molecule has 0 aromatic heterocycles. The predicted octanol–water partition coefficient (Wildman–Crippen LogP) is 0.818. The van der Waals surface area contributed by atoms with Crippen LogP contribution in [0, 0.1) is 5.41 Å². The van der Waals surface area contributed by atoms with Gasteiger partial charge in [-0.2, -0.15) is 0 Å². The van der Waals surface area contributed by atoms with Crippen molar-refractivity contribution in [2.24, 2.45) is 11.1 Å². The molecule has 4 heteroatoms. The van der Waals surface area contributed by atoms with E-state index >= 15 is 0 Å². The fraction of sp³-hybridized carbons (Fsp3) is 0.917. The first-order chi connectivity index (χ1) is 7.26. The third-order valence-corrected chi connectivity index (χ3v) is 2.59. The highest BCUT2D eigenvalue weighted by Crippen LogP contribution is 2.17. The molecule has 0 saturated carbocycles. The summed E-state index contributed by atoms with van der Waals surface area (Å²) >= 11 is 0. The van der Waals surface area contributed by atoms with Crippen molar-refractivity contribution in [3.8, 4) is 0 Å². The van der Waals surface area contributed by atoms with Gasteiger partial charge in [0.05, 0.1) is 6.54 Å². The standard InChI is InChI=1S/C12H27N3O/c1-10(2)14-11(16)8-15(5)7-6-12(3,4)9-13/h10H,6-9,13H2,1-5H3,(H,14,16). The first kappa shape index (κ1) is 15.4. The molecule has 0 radical (unpaired) electrons. The molecule has 0 aromatic carbocycles. The van der Waals surface area contributed by atoms with Crippen LogP contribution in [0.3, 0.4) is 0 Å². The fourth-order valence-corrected chi connectivity index (χ4v) is 1.29. The Kier molecular flexibility index (Phi) is 6.60. The molecule has 1 amide bonds. The van der Waals surface area contributed by atoms with Crippen molar-refractivity contribution in [1.82, 2.24) is 10.2 Å². The van der Waals surface area contributed by atoms with E-state index in [1.807, 2.05) is 25.8 Å². The van der Waals surface area contributed by atoms with Gasteiger partial charge < -0.3 is 11.1 Å². The van der Waals surface area contributed by atoms with Gasteiger partial charge in [0.15, 0.2) is 0 Å². The number of carbonyl (C=O) groups excluding carboxylic acids is 1. The smallest absolute Gasteiger partial charge is 0.234 e. The Balaban J connectivity index is 3.82. The summed E-state index contributed by atoms with van der Waals surface area (Å²) in [6.07, 6.45) is 1.01. The minimum atomic E-state index is 0.0862. The lowest BCUT2D eigenvalue weighted by atomic mass is 9.89. The molecule has 0 heterocycles. The molecule has 0 spiro atoms. The average Bonchev–Trinajstić information content (AvgIpc) is 2.13. The molecule has 0 saturated heterocycles. The molecule has 0 fully saturated rings. The average molecular weight is 229 g/mol. The maximum Gasteiger partial charge on any atom is 0.234 e. The van der Waals surface area contributed by atoms with Crippen LogP contribution in [0.15, 0.2) is 0 Å². The third kappa shape index (κ3) is 7.65. The summed E-state index contributed by atoms with van der Waals surface area (Å²) < 4.78 is 0. The van der Waals surface area contributed by atoms with Gasteiger partial charge in [-0.05, 0) is 45.8 Å². The van der Waals surface area contributed by atoms with E-state index in [0.29, 0.717) is 13.1 Å². The number of amides is 1. The highest BCUT2D eigenvalue weighted by atomic mass is 16.2. The molecule has 0 aliphatic carbocycles. The van der Waals surface area contributed by atoms with Gasteiger partial charge in [0.25, 0.3) is 0 Å². The van der Waals surface area contributed by atoms with E-state index < -0.39 is 0 Å². The Morgan fingerprint density at radius 2 is 2.00 bits per heavy atom. The van der Waals surface area contributed by atoms with Gasteiger partial charge in [0.2, 0.25) is 5.91 Å². The molecule has 0 unspecified atom stereocenters. The van der Waals surface area contributed by atoms with Gasteiger partial charge >= 0.3 is 0 Å². The zero-order valence-corrected chi connectivity index (χ0v) is 11.3. The highest BCUT2D eigenvalue weighted by molar-refractivity contribution is 5.78. The van der Waals surface area contributed by atoms with Crippen LogP contribution in [0.4, 0.5) is 0 Å². The number of likely N-dealkylation sites (N-methyl/N-ethyl adjacent to an activating group) is 1. The van der Waals surface area contributed by atoms with Gasteiger partial charge in [-0.25, -0.2) is 0 Å². The second-order valence-corrected chi connectivity index (χ2v) is 5.58. The molecular formula is C12H27N3O. The molecule has 0 bridgehead atoms. The summed E-state index contributed by atoms with van der Waals surface area (Å²) in [6.45, 7) is 10.3. The summed E-state index contributed by atoms with van der Waals surface area (Å²) in [7, 11) is 1.96. The molecule has 0 aliphatic rings. The number of nitrogens with two attached hydrogens (primary N) is 1. The van der Waals surface area contributed by atoms with Crippen molar-refractivity contribution >= 4 is 5.91 Å². The second kappa shape index (κ2) is 6.86. The second-order valence-electron chi connectivity index (χ2n) is 5.58. The molecular weight excluding hydrogens is 202 g/mol. The van der Waals surface area contributed by atoms with E-state index in [-0.39, 0.29) is 17.4 Å². The fourth-order valence-electron chi connectivity index (χ4n) is 1.29. The Bertz CT molecular complexity index is 214. The highest BCUT2D eigenvalue weighted by Gasteiger charge is 2.16. The molecule has 0 atom stereocenters. The maximum absolute atomic E-state index is 11.5. The zero-order chi connectivity index (χ0) is 12.8. The van der Waals surface area contributed by atoms with Gasteiger partial charge in [-0.3, -0.25) is 9.69 Å². The van der Waals surface area contributed by atoms with Crippen LogP contribution in [0.2, 0.25) is 0 Å². The zero-order valence-electron chi connectivity index (χ0n) is 11.3. The number of hydrogen-bond donors (Lipinski definition) is 2.